The van der Waals surface area contributed by atoms with Gasteiger partial charge in [-0.25, -0.2) is 4.79 Å². The molecule has 0 atom stereocenters. The molecule has 0 aromatic rings. The fourth-order valence-corrected chi connectivity index (χ4v) is 1.62. The predicted molar refractivity (Wildman–Crippen MR) is 60.2 cm³/mol. The zero-order chi connectivity index (χ0) is 12.8. The Kier molecular flexibility index (Phi) is 4.68. The Balaban J connectivity index is 2.52. The zero-order valence-electron chi connectivity index (χ0n) is 9.76. The van der Waals surface area contributed by atoms with E-state index in [0.29, 0.717) is 6.54 Å². The molecule has 0 bridgehead atoms. The summed E-state index contributed by atoms with van der Waals surface area (Å²) in [4.78, 5) is 36.4. The van der Waals surface area contributed by atoms with Crippen LogP contribution in [0.2, 0.25) is 0 Å². The highest BCUT2D eigenvalue weighted by Crippen LogP contribution is 2.05. The maximum absolute atomic E-state index is 11.7. The van der Waals surface area contributed by atoms with Crippen molar-refractivity contribution in [1.82, 2.24) is 9.80 Å². The van der Waals surface area contributed by atoms with E-state index in [-0.39, 0.29) is 31.4 Å². The van der Waals surface area contributed by atoms with Crippen LogP contribution in [-0.4, -0.2) is 58.9 Å². The minimum atomic E-state index is -1.06. The van der Waals surface area contributed by atoms with E-state index >= 15 is 0 Å². The van der Waals surface area contributed by atoms with Gasteiger partial charge in [0.2, 0.25) is 11.8 Å². The van der Waals surface area contributed by atoms with E-state index in [9.17, 15) is 14.4 Å². The van der Waals surface area contributed by atoms with Gasteiger partial charge in [-0.3, -0.25) is 9.59 Å². The monoisotopic (exact) mass is 240 g/mol. The number of carboxylic acid groups (broad SMARTS) is 1. The second kappa shape index (κ2) is 6.03. The van der Waals surface area contributed by atoms with Crippen LogP contribution in [-0.2, 0) is 14.4 Å². The van der Waals surface area contributed by atoms with Crippen LogP contribution >= 0.6 is 0 Å². The van der Waals surface area contributed by atoms with Gasteiger partial charge < -0.3 is 14.9 Å². The minimum absolute atomic E-state index is 0.0305. The van der Waals surface area contributed by atoms with Crippen molar-refractivity contribution < 1.29 is 19.5 Å². The summed E-state index contributed by atoms with van der Waals surface area (Å²) in [6, 6.07) is 0. The van der Waals surface area contributed by atoms with Crippen LogP contribution in [0.3, 0.4) is 0 Å². The smallest absolute Gasteiger partial charge is 0.328 e. The third-order valence-electron chi connectivity index (χ3n) is 2.44. The molecular weight excluding hydrogens is 224 g/mol. The molecule has 0 spiro atoms. The zero-order valence-corrected chi connectivity index (χ0v) is 9.76. The normalized spacial score (nSPS) is 17.0. The van der Waals surface area contributed by atoms with Crippen LogP contribution in [0.5, 0.6) is 0 Å². The molecule has 1 rings (SSSR count). The Morgan fingerprint density at radius 3 is 2.47 bits per heavy atom. The van der Waals surface area contributed by atoms with E-state index in [1.165, 1.54) is 15.9 Å². The summed E-state index contributed by atoms with van der Waals surface area (Å²) in [5.74, 6) is -1.29. The van der Waals surface area contributed by atoms with Crippen LogP contribution in [0.15, 0.2) is 12.2 Å². The summed E-state index contributed by atoms with van der Waals surface area (Å²) in [6.45, 7) is 2.82. The quantitative estimate of drug-likeness (QED) is 0.670. The number of rotatable bonds is 5. The molecule has 0 aromatic carbocycles. The predicted octanol–water partition coefficient (Wildman–Crippen LogP) is -0.292. The number of hydrogen-bond acceptors (Lipinski definition) is 3. The first kappa shape index (κ1) is 13.2. The summed E-state index contributed by atoms with van der Waals surface area (Å²) in [5.41, 5.74) is 0. The van der Waals surface area contributed by atoms with Gasteiger partial charge in [0.25, 0.3) is 0 Å². The Morgan fingerprint density at radius 2 is 1.88 bits per heavy atom. The van der Waals surface area contributed by atoms with E-state index in [1.807, 2.05) is 6.92 Å². The molecule has 0 unspecified atom stereocenters. The van der Waals surface area contributed by atoms with Gasteiger partial charge in [-0.15, -0.1) is 0 Å². The van der Waals surface area contributed by atoms with E-state index in [1.54, 1.807) is 0 Å². The third kappa shape index (κ3) is 3.90. The molecule has 17 heavy (non-hydrogen) atoms. The van der Waals surface area contributed by atoms with E-state index in [2.05, 4.69) is 0 Å². The molecule has 2 amide bonds. The van der Waals surface area contributed by atoms with Gasteiger partial charge in [0.15, 0.2) is 0 Å². The Bertz CT molecular complexity index is 351. The summed E-state index contributed by atoms with van der Waals surface area (Å²) >= 11 is 0. The second-order valence-corrected chi connectivity index (χ2v) is 3.83. The van der Waals surface area contributed by atoms with Gasteiger partial charge in [0, 0.05) is 19.2 Å². The second-order valence-electron chi connectivity index (χ2n) is 3.83. The fourth-order valence-electron chi connectivity index (χ4n) is 1.62. The van der Waals surface area contributed by atoms with Crippen molar-refractivity contribution in [1.29, 1.82) is 0 Å². The lowest BCUT2D eigenvalue weighted by molar-refractivity contribution is -0.149. The van der Waals surface area contributed by atoms with Gasteiger partial charge in [-0.05, 0) is 6.42 Å². The van der Waals surface area contributed by atoms with Gasteiger partial charge in [0.05, 0.1) is 6.54 Å². The van der Waals surface area contributed by atoms with Crippen LogP contribution in [0, 0.1) is 0 Å². The highest BCUT2D eigenvalue weighted by Gasteiger charge is 2.28. The lowest BCUT2D eigenvalue weighted by atomic mass is 10.2. The van der Waals surface area contributed by atoms with Crippen molar-refractivity contribution in [3.05, 3.63) is 12.2 Å². The largest absolute Gasteiger partial charge is 0.478 e. The van der Waals surface area contributed by atoms with Gasteiger partial charge in [0.1, 0.15) is 6.54 Å². The molecule has 1 N–H and O–H groups in total. The van der Waals surface area contributed by atoms with Crippen LogP contribution < -0.4 is 0 Å². The van der Waals surface area contributed by atoms with Crippen molar-refractivity contribution in [2.24, 2.45) is 0 Å². The highest BCUT2D eigenvalue weighted by molar-refractivity contribution is 5.92. The van der Waals surface area contributed by atoms with Crippen molar-refractivity contribution >= 4 is 17.8 Å². The number of piperazine rings is 1. The maximum Gasteiger partial charge on any atom is 0.328 e. The molecule has 1 fully saturated rings. The Labute approximate surface area is 99.5 Å². The molecule has 6 heteroatoms. The van der Waals surface area contributed by atoms with E-state index in [4.69, 9.17) is 5.11 Å². The summed E-state index contributed by atoms with van der Waals surface area (Å²) < 4.78 is 0. The van der Waals surface area contributed by atoms with Crippen molar-refractivity contribution in [3.8, 4) is 0 Å². The molecular formula is C11H16N2O4. The lowest BCUT2D eigenvalue weighted by Gasteiger charge is -2.33. The molecule has 94 valence electrons. The van der Waals surface area contributed by atoms with Gasteiger partial charge >= 0.3 is 5.97 Å². The molecule has 1 aliphatic rings. The van der Waals surface area contributed by atoms with Gasteiger partial charge in [-0.2, -0.15) is 0 Å². The first-order valence-corrected chi connectivity index (χ1v) is 5.49. The van der Waals surface area contributed by atoms with Crippen LogP contribution in [0.1, 0.15) is 13.3 Å². The number of hydrogen-bond donors (Lipinski definition) is 1. The lowest BCUT2D eigenvalue weighted by Crippen LogP contribution is -2.53. The Morgan fingerprint density at radius 1 is 1.29 bits per heavy atom. The number of aliphatic carboxylic acids is 1. The SMILES string of the molecule is CCCN1CC(=O)N(CC=CC(=O)O)CC1=O. The molecule has 1 heterocycles. The average molecular weight is 240 g/mol. The van der Waals surface area contributed by atoms with Crippen LogP contribution in [0.4, 0.5) is 0 Å². The molecule has 0 saturated carbocycles. The van der Waals surface area contributed by atoms with Gasteiger partial charge in [-0.1, -0.05) is 13.0 Å². The number of carboxylic acids is 1. The number of carbonyl (C=O) groups excluding carboxylic acids is 2. The van der Waals surface area contributed by atoms with E-state index < -0.39 is 5.97 Å². The van der Waals surface area contributed by atoms with Crippen molar-refractivity contribution in [2.45, 2.75) is 13.3 Å². The maximum atomic E-state index is 11.7. The molecule has 1 aliphatic heterocycles. The average Bonchev–Trinajstić information content (AvgIpc) is 2.24. The summed E-state index contributed by atoms with van der Waals surface area (Å²) in [5, 5.41) is 8.41. The number of carbonyl (C=O) groups is 3. The minimum Gasteiger partial charge on any atom is -0.478 e. The summed E-state index contributed by atoms with van der Waals surface area (Å²) in [7, 11) is 0. The summed E-state index contributed by atoms with van der Waals surface area (Å²) in [6.07, 6.45) is 3.15. The topological polar surface area (TPSA) is 77.9 Å². The van der Waals surface area contributed by atoms with Crippen molar-refractivity contribution in [2.75, 3.05) is 26.2 Å². The molecule has 0 aliphatic carbocycles. The molecule has 0 aromatic heterocycles. The standard InChI is InChI=1S/C11H16N2O4/c1-2-5-12-7-10(15)13(8-9(12)14)6-3-4-11(16)17/h3-4H,2,5-8H2,1H3,(H,16,17). The molecule has 1 saturated heterocycles. The first-order valence-electron chi connectivity index (χ1n) is 5.49. The number of nitrogens with zero attached hydrogens (tertiary/aromatic N) is 2. The third-order valence-corrected chi connectivity index (χ3v) is 2.44. The van der Waals surface area contributed by atoms with Crippen molar-refractivity contribution in [3.63, 3.8) is 0 Å². The molecule has 6 nitrogen and oxygen atoms in total. The fraction of sp³-hybridized carbons (Fsp3) is 0.545. The Hall–Kier alpha value is -1.85. The number of amides is 2. The van der Waals surface area contributed by atoms with Crippen LogP contribution in [0.25, 0.3) is 0 Å². The molecule has 0 radical (unpaired) electrons. The highest BCUT2D eigenvalue weighted by atomic mass is 16.4. The van der Waals surface area contributed by atoms with E-state index in [0.717, 1.165) is 12.5 Å². The first-order chi connectivity index (χ1) is 8.04.